The second-order valence-corrected chi connectivity index (χ2v) is 5.41. The molecule has 1 atom stereocenters. The Morgan fingerprint density at radius 2 is 1.89 bits per heavy atom. The number of halogens is 2. The van der Waals surface area contributed by atoms with Gasteiger partial charge in [-0.3, -0.25) is 0 Å². The maximum Gasteiger partial charge on any atom is 0.115 e. The summed E-state index contributed by atoms with van der Waals surface area (Å²) in [5.41, 5.74) is 2.30. The van der Waals surface area contributed by atoms with Crippen molar-refractivity contribution in [2.45, 2.75) is 12.3 Å². The molecular formula is C15H14BrClO. The van der Waals surface area contributed by atoms with Crippen molar-refractivity contribution in [3.63, 3.8) is 0 Å². The van der Waals surface area contributed by atoms with E-state index in [0.29, 0.717) is 11.6 Å². The molecule has 0 saturated carbocycles. The highest BCUT2D eigenvalue weighted by atomic mass is 79.9. The van der Waals surface area contributed by atoms with Gasteiger partial charge < -0.3 is 5.11 Å². The van der Waals surface area contributed by atoms with E-state index in [9.17, 15) is 5.11 Å². The van der Waals surface area contributed by atoms with Gasteiger partial charge in [-0.05, 0) is 35.7 Å². The van der Waals surface area contributed by atoms with E-state index in [-0.39, 0.29) is 5.92 Å². The van der Waals surface area contributed by atoms with Gasteiger partial charge in [-0.1, -0.05) is 46.3 Å². The minimum atomic E-state index is 0.240. The largest absolute Gasteiger partial charge is 0.508 e. The van der Waals surface area contributed by atoms with Crippen molar-refractivity contribution in [3.05, 3.63) is 64.1 Å². The van der Waals surface area contributed by atoms with Gasteiger partial charge in [-0.25, -0.2) is 0 Å². The van der Waals surface area contributed by atoms with Gasteiger partial charge in [0.25, 0.3) is 0 Å². The van der Waals surface area contributed by atoms with Crippen molar-refractivity contribution in [2.24, 2.45) is 0 Å². The maximum absolute atomic E-state index is 9.48. The topological polar surface area (TPSA) is 20.2 Å². The van der Waals surface area contributed by atoms with Crippen molar-refractivity contribution >= 4 is 27.5 Å². The number of benzene rings is 2. The highest BCUT2D eigenvalue weighted by molar-refractivity contribution is 9.10. The third-order valence-electron chi connectivity index (χ3n) is 2.92. The molecule has 94 valence electrons. The molecule has 1 unspecified atom stereocenters. The zero-order valence-electron chi connectivity index (χ0n) is 9.81. The van der Waals surface area contributed by atoms with Gasteiger partial charge >= 0.3 is 0 Å². The quantitative estimate of drug-likeness (QED) is 0.806. The number of rotatable bonds is 4. The van der Waals surface area contributed by atoms with Crippen LogP contribution in [0.1, 0.15) is 17.0 Å². The molecule has 0 aliphatic carbocycles. The number of aromatic hydroxyl groups is 1. The molecule has 0 amide bonds. The summed E-state index contributed by atoms with van der Waals surface area (Å²) in [5.74, 6) is 1.09. The van der Waals surface area contributed by atoms with Crippen molar-refractivity contribution in [3.8, 4) is 5.75 Å². The minimum Gasteiger partial charge on any atom is -0.508 e. The summed E-state index contributed by atoms with van der Waals surface area (Å²) in [7, 11) is 0. The van der Waals surface area contributed by atoms with Gasteiger partial charge in [0, 0.05) is 16.3 Å². The normalized spacial score (nSPS) is 12.3. The third kappa shape index (κ3) is 3.27. The van der Waals surface area contributed by atoms with Crippen LogP contribution in [0.3, 0.4) is 0 Å². The standard InChI is InChI=1S/C15H14BrClO/c16-15-7-2-1-6-14(15)12(10-17)8-11-4-3-5-13(18)9-11/h1-7,9,12,18H,8,10H2. The lowest BCUT2D eigenvalue weighted by Crippen LogP contribution is -2.05. The Balaban J connectivity index is 2.23. The average Bonchev–Trinajstić information content (AvgIpc) is 2.37. The number of hydrogen-bond donors (Lipinski definition) is 1. The lowest BCUT2D eigenvalue weighted by molar-refractivity contribution is 0.474. The molecule has 2 rings (SSSR count). The Bertz CT molecular complexity index is 527. The van der Waals surface area contributed by atoms with Gasteiger partial charge in [-0.15, -0.1) is 11.6 Å². The van der Waals surface area contributed by atoms with E-state index in [1.807, 2.05) is 30.3 Å². The molecule has 0 saturated heterocycles. The molecule has 0 spiro atoms. The number of phenolic OH excluding ortho intramolecular Hbond substituents is 1. The van der Waals surface area contributed by atoms with Gasteiger partial charge in [-0.2, -0.15) is 0 Å². The summed E-state index contributed by atoms with van der Waals surface area (Å²) < 4.78 is 1.08. The molecular weight excluding hydrogens is 312 g/mol. The van der Waals surface area contributed by atoms with Crippen molar-refractivity contribution < 1.29 is 5.11 Å². The Morgan fingerprint density at radius 3 is 2.56 bits per heavy atom. The van der Waals surface area contributed by atoms with Gasteiger partial charge in [0.1, 0.15) is 5.75 Å². The maximum atomic E-state index is 9.48. The van der Waals surface area contributed by atoms with Crippen LogP contribution in [0.5, 0.6) is 5.75 Å². The second kappa shape index (κ2) is 6.26. The number of phenols is 1. The van der Waals surface area contributed by atoms with Crippen LogP contribution in [0.2, 0.25) is 0 Å². The van der Waals surface area contributed by atoms with E-state index in [1.165, 1.54) is 5.56 Å². The Labute approximate surface area is 121 Å². The lowest BCUT2D eigenvalue weighted by atomic mass is 9.93. The fourth-order valence-electron chi connectivity index (χ4n) is 2.02. The van der Waals surface area contributed by atoms with Crippen LogP contribution >= 0.6 is 27.5 Å². The highest BCUT2D eigenvalue weighted by Gasteiger charge is 2.14. The van der Waals surface area contributed by atoms with E-state index in [0.717, 1.165) is 16.5 Å². The summed E-state index contributed by atoms with van der Waals surface area (Å²) >= 11 is 9.64. The molecule has 2 aromatic rings. The highest BCUT2D eigenvalue weighted by Crippen LogP contribution is 2.29. The molecule has 0 radical (unpaired) electrons. The fourth-order valence-corrected chi connectivity index (χ4v) is 2.91. The monoisotopic (exact) mass is 324 g/mol. The van der Waals surface area contributed by atoms with E-state index < -0.39 is 0 Å². The smallest absolute Gasteiger partial charge is 0.115 e. The molecule has 0 aliphatic rings. The predicted octanol–water partition coefficient (Wildman–Crippen LogP) is 4.72. The van der Waals surface area contributed by atoms with Crippen LogP contribution in [-0.4, -0.2) is 11.0 Å². The zero-order chi connectivity index (χ0) is 13.0. The first-order valence-electron chi connectivity index (χ1n) is 5.79. The van der Waals surface area contributed by atoms with Gasteiger partial charge in [0.15, 0.2) is 0 Å². The molecule has 2 aromatic carbocycles. The van der Waals surface area contributed by atoms with Crippen LogP contribution in [-0.2, 0) is 6.42 Å². The SMILES string of the molecule is Oc1cccc(CC(CCl)c2ccccc2Br)c1. The van der Waals surface area contributed by atoms with Crippen LogP contribution in [0, 0.1) is 0 Å². The predicted molar refractivity (Wildman–Crippen MR) is 79.4 cm³/mol. The van der Waals surface area contributed by atoms with Crippen LogP contribution in [0.25, 0.3) is 0 Å². The van der Waals surface area contributed by atoms with Crippen LogP contribution in [0.4, 0.5) is 0 Å². The Morgan fingerprint density at radius 1 is 1.11 bits per heavy atom. The number of alkyl halides is 1. The number of hydrogen-bond acceptors (Lipinski definition) is 1. The van der Waals surface area contributed by atoms with E-state index >= 15 is 0 Å². The first-order chi connectivity index (χ1) is 8.70. The first kappa shape index (κ1) is 13.4. The molecule has 0 aliphatic heterocycles. The molecule has 3 heteroatoms. The molecule has 0 bridgehead atoms. The molecule has 0 fully saturated rings. The van der Waals surface area contributed by atoms with Crippen molar-refractivity contribution in [1.29, 1.82) is 0 Å². The van der Waals surface area contributed by atoms with Gasteiger partial charge in [0.05, 0.1) is 0 Å². The van der Waals surface area contributed by atoms with E-state index in [2.05, 4.69) is 22.0 Å². The molecule has 1 N–H and O–H groups in total. The molecule has 0 aromatic heterocycles. The first-order valence-corrected chi connectivity index (χ1v) is 7.11. The lowest BCUT2D eigenvalue weighted by Gasteiger charge is -2.16. The second-order valence-electron chi connectivity index (χ2n) is 4.25. The Kier molecular flexibility index (Phi) is 4.67. The average molecular weight is 326 g/mol. The fraction of sp³-hybridized carbons (Fsp3) is 0.200. The van der Waals surface area contributed by atoms with Gasteiger partial charge in [0.2, 0.25) is 0 Å². The van der Waals surface area contributed by atoms with Crippen molar-refractivity contribution in [1.82, 2.24) is 0 Å². The molecule has 1 nitrogen and oxygen atoms in total. The zero-order valence-corrected chi connectivity index (χ0v) is 12.2. The van der Waals surface area contributed by atoms with E-state index in [4.69, 9.17) is 11.6 Å². The minimum absolute atomic E-state index is 0.240. The summed E-state index contributed by atoms with van der Waals surface area (Å²) in [6, 6.07) is 15.5. The molecule has 0 heterocycles. The Hall–Kier alpha value is -0.990. The van der Waals surface area contributed by atoms with Crippen molar-refractivity contribution in [2.75, 3.05) is 5.88 Å². The van der Waals surface area contributed by atoms with E-state index in [1.54, 1.807) is 12.1 Å². The third-order valence-corrected chi connectivity index (χ3v) is 4.02. The van der Waals surface area contributed by atoms with Crippen LogP contribution < -0.4 is 0 Å². The summed E-state index contributed by atoms with van der Waals surface area (Å²) in [6.07, 6.45) is 0.820. The summed E-state index contributed by atoms with van der Waals surface area (Å²) in [6.45, 7) is 0. The van der Waals surface area contributed by atoms with Crippen LogP contribution in [0.15, 0.2) is 53.0 Å². The summed E-state index contributed by atoms with van der Waals surface area (Å²) in [4.78, 5) is 0. The molecule has 18 heavy (non-hydrogen) atoms. The summed E-state index contributed by atoms with van der Waals surface area (Å²) in [5, 5.41) is 9.48.